The summed E-state index contributed by atoms with van der Waals surface area (Å²) in [5, 5.41) is 5.80. The molecule has 0 aromatic heterocycles. The quantitative estimate of drug-likeness (QED) is 0.724. The fourth-order valence-corrected chi connectivity index (χ4v) is 3.25. The molecule has 0 bridgehead atoms. The first kappa shape index (κ1) is 18.9. The van der Waals surface area contributed by atoms with Gasteiger partial charge in [-0.25, -0.2) is 4.39 Å². The summed E-state index contributed by atoms with van der Waals surface area (Å²) in [5.74, 6) is -0.727. The molecule has 2 aromatic carbocycles. The molecule has 0 spiro atoms. The number of fused-ring (bicyclic) bond motifs is 1. The second-order valence-electron chi connectivity index (χ2n) is 6.39. The standard InChI is InChI=1S/C21H24FN3O2/c1-4-25(10-11-27-3)19-9-8-15(12-14(19)2)23-13-16-20-17(22)6-5-7-18(20)24-21(16)26/h5-9,12-13,23H,4,10-11H2,1-3H3,(H,24,26)/b16-13+. The molecule has 0 unspecified atom stereocenters. The van der Waals surface area contributed by atoms with E-state index in [9.17, 15) is 9.18 Å². The number of likely N-dealkylation sites (N-methyl/N-ethyl adjacent to an activating group) is 1. The molecule has 0 radical (unpaired) electrons. The minimum Gasteiger partial charge on any atom is -0.383 e. The van der Waals surface area contributed by atoms with Gasteiger partial charge in [-0.15, -0.1) is 0 Å². The number of halogens is 1. The van der Waals surface area contributed by atoms with Crippen LogP contribution in [0.25, 0.3) is 5.57 Å². The van der Waals surface area contributed by atoms with Crippen LogP contribution in [0.5, 0.6) is 0 Å². The number of anilines is 3. The second-order valence-corrected chi connectivity index (χ2v) is 6.39. The zero-order chi connectivity index (χ0) is 19.4. The highest BCUT2D eigenvalue weighted by Gasteiger charge is 2.27. The van der Waals surface area contributed by atoms with Crippen LogP contribution in [0.3, 0.4) is 0 Å². The van der Waals surface area contributed by atoms with Crippen molar-refractivity contribution < 1.29 is 13.9 Å². The number of benzene rings is 2. The normalized spacial score (nSPS) is 14.2. The molecule has 27 heavy (non-hydrogen) atoms. The molecule has 142 valence electrons. The van der Waals surface area contributed by atoms with Gasteiger partial charge in [0.1, 0.15) is 5.82 Å². The summed E-state index contributed by atoms with van der Waals surface area (Å²) in [6.45, 7) is 6.52. The van der Waals surface area contributed by atoms with Crippen LogP contribution >= 0.6 is 0 Å². The summed E-state index contributed by atoms with van der Waals surface area (Å²) in [7, 11) is 1.70. The van der Waals surface area contributed by atoms with Gasteiger partial charge in [-0.3, -0.25) is 4.79 Å². The Balaban J connectivity index is 1.81. The molecule has 1 amide bonds. The lowest BCUT2D eigenvalue weighted by molar-refractivity contribution is -0.110. The molecule has 3 rings (SSSR count). The monoisotopic (exact) mass is 369 g/mol. The summed E-state index contributed by atoms with van der Waals surface area (Å²) in [6, 6.07) is 10.6. The molecule has 2 aromatic rings. The molecule has 6 heteroatoms. The average Bonchev–Trinajstić information content (AvgIpc) is 2.98. The van der Waals surface area contributed by atoms with E-state index in [2.05, 4.69) is 22.5 Å². The van der Waals surface area contributed by atoms with E-state index in [4.69, 9.17) is 4.74 Å². The summed E-state index contributed by atoms with van der Waals surface area (Å²) >= 11 is 0. The minimum atomic E-state index is -0.415. The zero-order valence-corrected chi connectivity index (χ0v) is 15.8. The predicted octanol–water partition coefficient (Wildman–Crippen LogP) is 4.01. The van der Waals surface area contributed by atoms with Crippen LogP contribution in [0.4, 0.5) is 21.5 Å². The van der Waals surface area contributed by atoms with Crippen molar-refractivity contribution in [3.05, 3.63) is 59.5 Å². The van der Waals surface area contributed by atoms with Crippen molar-refractivity contribution in [3.63, 3.8) is 0 Å². The number of methoxy groups -OCH3 is 1. The number of amides is 1. The van der Waals surface area contributed by atoms with Crippen molar-refractivity contribution in [2.75, 3.05) is 42.3 Å². The fraction of sp³-hybridized carbons (Fsp3) is 0.286. The molecule has 0 saturated heterocycles. The number of hydrogen-bond donors (Lipinski definition) is 2. The third kappa shape index (κ3) is 3.95. The molecule has 1 heterocycles. The van der Waals surface area contributed by atoms with E-state index in [1.54, 1.807) is 25.4 Å². The summed E-state index contributed by atoms with van der Waals surface area (Å²) in [5.41, 5.74) is 4.18. The van der Waals surface area contributed by atoms with Crippen LogP contribution in [0.15, 0.2) is 42.6 Å². The van der Waals surface area contributed by atoms with Crippen LogP contribution in [0.2, 0.25) is 0 Å². The van der Waals surface area contributed by atoms with Crippen molar-refractivity contribution in [3.8, 4) is 0 Å². The highest BCUT2D eigenvalue weighted by Crippen LogP contribution is 2.33. The summed E-state index contributed by atoms with van der Waals surface area (Å²) in [6.07, 6.45) is 1.56. The van der Waals surface area contributed by atoms with Crippen LogP contribution in [0.1, 0.15) is 18.1 Å². The molecule has 0 aliphatic carbocycles. The molecule has 0 atom stereocenters. The molecule has 0 fully saturated rings. The lowest BCUT2D eigenvalue weighted by Crippen LogP contribution is -2.27. The lowest BCUT2D eigenvalue weighted by atomic mass is 10.1. The van der Waals surface area contributed by atoms with Gasteiger partial charge < -0.3 is 20.3 Å². The van der Waals surface area contributed by atoms with E-state index in [1.807, 2.05) is 25.1 Å². The van der Waals surface area contributed by atoms with Crippen LogP contribution in [-0.4, -0.2) is 32.7 Å². The Bertz CT molecular complexity index is 880. The Morgan fingerprint density at radius 1 is 1.30 bits per heavy atom. The first-order valence-corrected chi connectivity index (χ1v) is 8.96. The van der Waals surface area contributed by atoms with Gasteiger partial charge in [-0.1, -0.05) is 6.07 Å². The molecule has 5 nitrogen and oxygen atoms in total. The van der Waals surface area contributed by atoms with Crippen molar-refractivity contribution in [2.24, 2.45) is 0 Å². The number of rotatable bonds is 7. The van der Waals surface area contributed by atoms with Gasteiger partial charge in [0.15, 0.2) is 0 Å². The van der Waals surface area contributed by atoms with E-state index < -0.39 is 5.82 Å². The Kier molecular flexibility index (Phi) is 5.76. The molecular weight excluding hydrogens is 345 g/mol. The predicted molar refractivity (Wildman–Crippen MR) is 108 cm³/mol. The molecule has 2 N–H and O–H groups in total. The topological polar surface area (TPSA) is 53.6 Å². The van der Waals surface area contributed by atoms with Gasteiger partial charge in [-0.05, 0) is 49.7 Å². The van der Waals surface area contributed by atoms with Crippen molar-refractivity contribution in [2.45, 2.75) is 13.8 Å². The number of carbonyl (C=O) groups is 1. The van der Waals surface area contributed by atoms with Crippen molar-refractivity contribution in [1.82, 2.24) is 0 Å². The van der Waals surface area contributed by atoms with Crippen LogP contribution < -0.4 is 15.5 Å². The molecular formula is C21H24FN3O2. The fourth-order valence-electron chi connectivity index (χ4n) is 3.25. The van der Waals surface area contributed by atoms with Gasteiger partial charge in [0.05, 0.1) is 17.9 Å². The first-order chi connectivity index (χ1) is 13.0. The van der Waals surface area contributed by atoms with Gasteiger partial charge >= 0.3 is 0 Å². The minimum absolute atomic E-state index is 0.292. The number of aryl methyl sites for hydroxylation is 1. The van der Waals surface area contributed by atoms with E-state index in [0.29, 0.717) is 23.4 Å². The van der Waals surface area contributed by atoms with Gasteiger partial charge in [0.25, 0.3) is 5.91 Å². The van der Waals surface area contributed by atoms with Crippen LogP contribution in [0, 0.1) is 12.7 Å². The lowest BCUT2D eigenvalue weighted by Gasteiger charge is -2.25. The van der Waals surface area contributed by atoms with E-state index in [0.717, 1.165) is 30.0 Å². The maximum Gasteiger partial charge on any atom is 0.257 e. The van der Waals surface area contributed by atoms with Gasteiger partial charge in [0.2, 0.25) is 0 Å². The maximum atomic E-state index is 14.1. The van der Waals surface area contributed by atoms with Gasteiger partial charge in [-0.2, -0.15) is 0 Å². The highest BCUT2D eigenvalue weighted by atomic mass is 19.1. The smallest absolute Gasteiger partial charge is 0.257 e. The Morgan fingerprint density at radius 2 is 2.11 bits per heavy atom. The van der Waals surface area contributed by atoms with E-state index in [-0.39, 0.29) is 5.91 Å². The Labute approximate surface area is 158 Å². The summed E-state index contributed by atoms with van der Waals surface area (Å²) in [4.78, 5) is 14.4. The Hall–Kier alpha value is -2.86. The Morgan fingerprint density at radius 3 is 2.81 bits per heavy atom. The van der Waals surface area contributed by atoms with Crippen molar-refractivity contribution in [1.29, 1.82) is 0 Å². The maximum absolute atomic E-state index is 14.1. The highest BCUT2D eigenvalue weighted by molar-refractivity contribution is 6.31. The number of nitrogens with one attached hydrogen (secondary N) is 2. The summed E-state index contributed by atoms with van der Waals surface area (Å²) < 4.78 is 19.3. The number of ether oxygens (including phenoxy) is 1. The first-order valence-electron chi connectivity index (χ1n) is 8.96. The van der Waals surface area contributed by atoms with Crippen LogP contribution in [-0.2, 0) is 9.53 Å². The number of carbonyl (C=O) groups excluding carboxylic acids is 1. The van der Waals surface area contributed by atoms with E-state index in [1.165, 1.54) is 6.07 Å². The third-order valence-electron chi connectivity index (χ3n) is 4.64. The molecule has 0 saturated carbocycles. The van der Waals surface area contributed by atoms with E-state index >= 15 is 0 Å². The number of hydrogen-bond acceptors (Lipinski definition) is 4. The average molecular weight is 369 g/mol. The number of nitrogens with zero attached hydrogens (tertiary/aromatic N) is 1. The third-order valence-corrected chi connectivity index (χ3v) is 4.64. The molecule has 1 aliphatic heterocycles. The van der Waals surface area contributed by atoms with Gasteiger partial charge in [0, 0.05) is 43.3 Å². The van der Waals surface area contributed by atoms with Crippen molar-refractivity contribution >= 4 is 28.5 Å². The SMILES string of the molecule is CCN(CCOC)c1ccc(N/C=C2/C(=O)Nc3cccc(F)c32)cc1C. The zero-order valence-electron chi connectivity index (χ0n) is 15.8. The molecule has 1 aliphatic rings. The largest absolute Gasteiger partial charge is 0.383 e. The second kappa shape index (κ2) is 8.22.